The Labute approximate surface area is 210 Å². The quantitative estimate of drug-likeness (QED) is 0.405. The SMILES string of the molecule is CCCCO.CCCCO.CCCC[O-].CCCC[O-].CCCC[O-].CCCC[O-].[Ti+4]. The molecule has 192 valence electrons. The molecule has 2 N–H and O–H groups in total. The largest absolute Gasteiger partial charge is 4.00 e. The van der Waals surface area contributed by atoms with Crippen molar-refractivity contribution >= 4 is 0 Å². The second-order valence-electron chi connectivity index (χ2n) is 6.39. The first-order valence-corrected chi connectivity index (χ1v) is 12.0. The van der Waals surface area contributed by atoms with E-state index in [4.69, 9.17) is 10.2 Å². The van der Waals surface area contributed by atoms with Crippen LogP contribution in [0, 0.1) is 0 Å². The van der Waals surface area contributed by atoms with E-state index in [1.807, 2.05) is 27.7 Å². The van der Waals surface area contributed by atoms with Crippen LogP contribution < -0.4 is 20.4 Å². The molecule has 0 amide bonds. The molecule has 0 saturated heterocycles. The first-order valence-electron chi connectivity index (χ1n) is 12.0. The van der Waals surface area contributed by atoms with Crippen LogP contribution in [-0.4, -0.2) is 49.9 Å². The van der Waals surface area contributed by atoms with Gasteiger partial charge in [-0.25, -0.2) is 0 Å². The minimum Gasteiger partial charge on any atom is -0.854 e. The Bertz CT molecular complexity index is 120. The zero-order valence-electron chi connectivity index (χ0n) is 21.8. The number of hydrogen-bond acceptors (Lipinski definition) is 6. The van der Waals surface area contributed by atoms with E-state index < -0.39 is 0 Å². The Hall–Kier alpha value is 0.474. The average molecular weight is 489 g/mol. The summed E-state index contributed by atoms with van der Waals surface area (Å²) in [5.41, 5.74) is 0. The minimum atomic E-state index is 0. The molecule has 0 saturated carbocycles. The first kappa shape index (κ1) is 48.8. The van der Waals surface area contributed by atoms with Gasteiger partial charge in [-0.05, 0) is 12.8 Å². The van der Waals surface area contributed by atoms with Gasteiger partial charge in [-0.1, -0.05) is 106 Å². The normalized spacial score (nSPS) is 8.13. The number of rotatable bonds is 12. The van der Waals surface area contributed by atoms with Crippen LogP contribution in [-0.2, 0) is 21.7 Å². The summed E-state index contributed by atoms with van der Waals surface area (Å²) in [5.74, 6) is 0. The summed E-state index contributed by atoms with van der Waals surface area (Å²) >= 11 is 0. The predicted octanol–water partition coefficient (Wildman–Crippen LogP) is 2.14. The molecular formula is C24H56O6Ti. The summed E-state index contributed by atoms with van der Waals surface area (Å²) in [6.45, 7) is 13.2. The molecule has 0 aliphatic heterocycles. The summed E-state index contributed by atoms with van der Waals surface area (Å²) in [4.78, 5) is 0. The Morgan fingerprint density at radius 1 is 0.387 bits per heavy atom. The van der Waals surface area contributed by atoms with Crippen molar-refractivity contribution in [3.63, 3.8) is 0 Å². The number of unbranched alkanes of at least 4 members (excludes halogenated alkanes) is 6. The van der Waals surface area contributed by atoms with E-state index in [1.165, 1.54) is 0 Å². The fourth-order valence-corrected chi connectivity index (χ4v) is 0.894. The third-order valence-corrected chi connectivity index (χ3v) is 3.01. The van der Waals surface area contributed by atoms with Crippen molar-refractivity contribution in [2.75, 3.05) is 39.6 Å². The molecule has 0 aliphatic carbocycles. The number of aliphatic hydroxyl groups excluding tert-OH is 2. The second-order valence-corrected chi connectivity index (χ2v) is 6.39. The Balaban J connectivity index is -0.0000000443. The molecule has 0 atom stereocenters. The van der Waals surface area contributed by atoms with Gasteiger partial charge in [-0.15, -0.1) is 26.4 Å². The molecule has 0 aromatic rings. The minimum absolute atomic E-state index is 0. The third kappa shape index (κ3) is 159. The maximum absolute atomic E-state index is 9.53. The van der Waals surface area contributed by atoms with E-state index >= 15 is 0 Å². The van der Waals surface area contributed by atoms with Gasteiger partial charge in [0, 0.05) is 13.2 Å². The van der Waals surface area contributed by atoms with Crippen molar-refractivity contribution in [1.29, 1.82) is 0 Å². The van der Waals surface area contributed by atoms with Gasteiger partial charge in [0.2, 0.25) is 0 Å². The van der Waals surface area contributed by atoms with Crippen LogP contribution in [0.4, 0.5) is 0 Å². The fraction of sp³-hybridized carbons (Fsp3) is 1.00. The monoisotopic (exact) mass is 488 g/mol. The van der Waals surface area contributed by atoms with Crippen molar-refractivity contribution in [3.8, 4) is 0 Å². The van der Waals surface area contributed by atoms with Gasteiger partial charge in [0.15, 0.2) is 0 Å². The van der Waals surface area contributed by atoms with Crippen LogP contribution >= 0.6 is 0 Å². The zero-order valence-corrected chi connectivity index (χ0v) is 23.3. The fourth-order valence-electron chi connectivity index (χ4n) is 0.894. The van der Waals surface area contributed by atoms with Crippen molar-refractivity contribution < 1.29 is 52.4 Å². The van der Waals surface area contributed by atoms with Gasteiger partial charge in [-0.3, -0.25) is 0 Å². The Kier molecular flexibility index (Phi) is 122. The first-order chi connectivity index (χ1) is 14.5. The van der Waals surface area contributed by atoms with Crippen LogP contribution in [0.15, 0.2) is 0 Å². The molecular weight excluding hydrogens is 432 g/mol. The smallest absolute Gasteiger partial charge is 0.854 e. The van der Waals surface area contributed by atoms with E-state index in [2.05, 4.69) is 13.8 Å². The molecule has 0 rings (SSSR count). The van der Waals surface area contributed by atoms with E-state index in [1.54, 1.807) is 0 Å². The Morgan fingerprint density at radius 2 is 0.548 bits per heavy atom. The van der Waals surface area contributed by atoms with E-state index in [9.17, 15) is 20.4 Å². The van der Waals surface area contributed by atoms with Crippen LogP contribution in [0.5, 0.6) is 0 Å². The molecule has 0 heterocycles. The molecule has 0 unspecified atom stereocenters. The van der Waals surface area contributed by atoms with Gasteiger partial charge in [0.1, 0.15) is 0 Å². The molecule has 6 nitrogen and oxygen atoms in total. The molecule has 31 heavy (non-hydrogen) atoms. The molecule has 0 aromatic carbocycles. The molecule has 0 aliphatic rings. The second kappa shape index (κ2) is 77.6. The molecule has 7 heteroatoms. The van der Waals surface area contributed by atoms with Crippen LogP contribution in [0.1, 0.15) is 119 Å². The van der Waals surface area contributed by atoms with Crippen molar-refractivity contribution in [3.05, 3.63) is 0 Å². The van der Waals surface area contributed by atoms with Crippen molar-refractivity contribution in [2.45, 2.75) is 119 Å². The van der Waals surface area contributed by atoms with Gasteiger partial charge < -0.3 is 30.6 Å². The maximum Gasteiger partial charge on any atom is 4.00 e. The number of hydrogen-bond donors (Lipinski definition) is 2. The summed E-state index contributed by atoms with van der Waals surface area (Å²) in [6, 6.07) is 0. The van der Waals surface area contributed by atoms with Gasteiger partial charge in [0.05, 0.1) is 0 Å². The molecule has 0 aromatic heterocycles. The summed E-state index contributed by atoms with van der Waals surface area (Å²) in [5, 5.41) is 54.3. The van der Waals surface area contributed by atoms with E-state index in [0.29, 0.717) is 13.2 Å². The van der Waals surface area contributed by atoms with E-state index in [0.717, 1.165) is 77.0 Å². The predicted molar refractivity (Wildman–Crippen MR) is 123 cm³/mol. The standard InChI is InChI=1S/2C4H10O.4C4H9O.Ti/c6*1-2-3-4-5;/h2*5H,2-4H2,1H3;4*2-4H2,1H3;/q;;4*-1;+4. The molecule has 0 fully saturated rings. The average Bonchev–Trinajstić information content (AvgIpc) is 2.74. The van der Waals surface area contributed by atoms with Crippen molar-refractivity contribution in [2.24, 2.45) is 0 Å². The topological polar surface area (TPSA) is 133 Å². The van der Waals surface area contributed by atoms with E-state index in [-0.39, 0.29) is 48.1 Å². The third-order valence-electron chi connectivity index (χ3n) is 3.01. The number of aliphatic hydroxyl groups is 2. The Morgan fingerprint density at radius 3 is 0.548 bits per heavy atom. The van der Waals surface area contributed by atoms with Gasteiger partial charge >= 0.3 is 21.7 Å². The zero-order chi connectivity index (χ0) is 24.7. The summed E-state index contributed by atoms with van der Waals surface area (Å²) < 4.78 is 0. The van der Waals surface area contributed by atoms with Gasteiger partial charge in [-0.2, -0.15) is 0 Å². The molecule has 0 radical (unpaired) electrons. The summed E-state index contributed by atoms with van der Waals surface area (Å²) in [6.07, 6.45) is 11.5. The maximum atomic E-state index is 9.53. The van der Waals surface area contributed by atoms with Crippen LogP contribution in [0.2, 0.25) is 0 Å². The van der Waals surface area contributed by atoms with Gasteiger partial charge in [0.25, 0.3) is 0 Å². The molecule has 0 spiro atoms. The summed E-state index contributed by atoms with van der Waals surface area (Å²) in [7, 11) is 0. The molecule has 0 bridgehead atoms. The van der Waals surface area contributed by atoms with Crippen molar-refractivity contribution in [1.82, 2.24) is 0 Å². The van der Waals surface area contributed by atoms with Crippen LogP contribution in [0.25, 0.3) is 0 Å². The van der Waals surface area contributed by atoms with Crippen LogP contribution in [0.3, 0.4) is 0 Å².